The zero-order chi connectivity index (χ0) is 12.5. The Kier molecular flexibility index (Phi) is 3.16. The molecule has 0 saturated heterocycles. The van der Waals surface area contributed by atoms with E-state index in [9.17, 15) is 21.6 Å². The average Bonchev–Trinajstić information content (AvgIpc) is 2.15. The van der Waals surface area contributed by atoms with Crippen LogP contribution >= 0.6 is 0 Å². The minimum atomic E-state index is -4.59. The fourth-order valence-corrected chi connectivity index (χ4v) is 1.50. The quantitative estimate of drug-likeness (QED) is 0.835. The zero-order valence-corrected chi connectivity index (χ0v) is 8.30. The Balaban J connectivity index is 3.63. The minimum absolute atomic E-state index is 0.467. The van der Waals surface area contributed by atoms with Gasteiger partial charge in [-0.3, -0.25) is 0 Å². The van der Waals surface area contributed by atoms with Gasteiger partial charge >= 0.3 is 0 Å². The maximum atomic E-state index is 13.2. The average molecular weight is 251 g/mol. The first kappa shape index (κ1) is 12.4. The standard InChI is InChI=1S/C7H4F3N3O2S/c8-5-3(2-11)1-4(6(9)10)13-7(5)16(12,14)15/h1,6H,(H2,12,14,15). The molecule has 0 aliphatic rings. The molecule has 1 aromatic heterocycles. The highest BCUT2D eigenvalue weighted by Gasteiger charge is 2.24. The Bertz CT molecular complexity index is 565. The van der Waals surface area contributed by atoms with Gasteiger partial charge in [0.2, 0.25) is 5.03 Å². The van der Waals surface area contributed by atoms with Crippen LogP contribution in [-0.2, 0) is 10.0 Å². The molecule has 2 N–H and O–H groups in total. The van der Waals surface area contributed by atoms with Gasteiger partial charge in [0.25, 0.3) is 16.4 Å². The van der Waals surface area contributed by atoms with Crippen molar-refractivity contribution >= 4 is 10.0 Å². The van der Waals surface area contributed by atoms with Crippen LogP contribution in [0.15, 0.2) is 11.1 Å². The summed E-state index contributed by atoms with van der Waals surface area (Å²) in [7, 11) is -4.59. The van der Waals surface area contributed by atoms with E-state index in [1.165, 1.54) is 6.07 Å². The van der Waals surface area contributed by atoms with Gasteiger partial charge in [-0.05, 0) is 6.07 Å². The first-order valence-electron chi connectivity index (χ1n) is 3.69. The first-order valence-corrected chi connectivity index (χ1v) is 5.23. The largest absolute Gasteiger partial charge is 0.280 e. The number of alkyl halides is 2. The molecule has 0 fully saturated rings. The van der Waals surface area contributed by atoms with E-state index >= 15 is 0 Å². The van der Waals surface area contributed by atoms with Crippen molar-refractivity contribution in [3.05, 3.63) is 23.1 Å². The van der Waals surface area contributed by atoms with Crippen molar-refractivity contribution in [1.29, 1.82) is 5.26 Å². The van der Waals surface area contributed by atoms with E-state index in [0.29, 0.717) is 6.07 Å². The molecule has 1 heterocycles. The van der Waals surface area contributed by atoms with Gasteiger partial charge in [-0.25, -0.2) is 31.7 Å². The van der Waals surface area contributed by atoms with Crippen LogP contribution in [0.2, 0.25) is 0 Å². The van der Waals surface area contributed by atoms with Crippen molar-refractivity contribution < 1.29 is 21.6 Å². The lowest BCUT2D eigenvalue weighted by molar-refractivity contribution is 0.145. The van der Waals surface area contributed by atoms with Crippen LogP contribution in [0.5, 0.6) is 0 Å². The number of hydrogen-bond donors (Lipinski definition) is 1. The molecule has 0 aliphatic carbocycles. The normalized spacial score (nSPS) is 11.5. The molecule has 5 nitrogen and oxygen atoms in total. The summed E-state index contributed by atoms with van der Waals surface area (Å²) in [4.78, 5) is 2.86. The third-order valence-corrected chi connectivity index (χ3v) is 2.37. The van der Waals surface area contributed by atoms with E-state index in [4.69, 9.17) is 5.26 Å². The van der Waals surface area contributed by atoms with E-state index < -0.39 is 38.5 Å². The molecule has 0 aliphatic heterocycles. The Labute approximate surface area is 88.4 Å². The molecular formula is C7H4F3N3O2S. The lowest BCUT2D eigenvalue weighted by Gasteiger charge is -2.04. The Morgan fingerprint density at radius 1 is 1.50 bits per heavy atom. The molecule has 0 amide bonds. The van der Waals surface area contributed by atoms with Crippen LogP contribution in [0.3, 0.4) is 0 Å². The van der Waals surface area contributed by atoms with Gasteiger partial charge in [-0.15, -0.1) is 0 Å². The maximum Gasteiger partial charge on any atom is 0.280 e. The van der Waals surface area contributed by atoms with E-state index in [0.717, 1.165) is 0 Å². The van der Waals surface area contributed by atoms with Gasteiger partial charge in [0.1, 0.15) is 11.8 Å². The van der Waals surface area contributed by atoms with E-state index in [1.807, 2.05) is 0 Å². The Hall–Kier alpha value is -1.66. The number of rotatable bonds is 2. The highest BCUT2D eigenvalue weighted by molar-refractivity contribution is 7.89. The Morgan fingerprint density at radius 2 is 2.06 bits per heavy atom. The number of nitriles is 1. The van der Waals surface area contributed by atoms with Crippen LogP contribution in [0.4, 0.5) is 13.2 Å². The molecule has 86 valence electrons. The fraction of sp³-hybridized carbons (Fsp3) is 0.143. The van der Waals surface area contributed by atoms with E-state index in [2.05, 4.69) is 10.1 Å². The molecular weight excluding hydrogens is 247 g/mol. The lowest BCUT2D eigenvalue weighted by atomic mass is 10.2. The van der Waals surface area contributed by atoms with E-state index in [1.54, 1.807) is 0 Å². The van der Waals surface area contributed by atoms with Gasteiger partial charge < -0.3 is 0 Å². The summed E-state index contributed by atoms with van der Waals surface area (Å²) in [6.45, 7) is 0. The summed E-state index contributed by atoms with van der Waals surface area (Å²) in [6, 6.07) is 1.70. The predicted octanol–water partition coefficient (Wildman–Crippen LogP) is 0.677. The SMILES string of the molecule is N#Cc1cc(C(F)F)nc(S(N)(=O)=O)c1F. The number of hydrogen-bond acceptors (Lipinski definition) is 4. The second-order valence-corrected chi connectivity index (χ2v) is 4.15. The molecule has 0 atom stereocenters. The van der Waals surface area contributed by atoms with Crippen molar-refractivity contribution in [1.82, 2.24) is 4.98 Å². The molecule has 0 bridgehead atoms. The monoisotopic (exact) mass is 251 g/mol. The van der Waals surface area contributed by atoms with Crippen molar-refractivity contribution in [2.24, 2.45) is 5.14 Å². The molecule has 9 heteroatoms. The van der Waals surface area contributed by atoms with Gasteiger partial charge in [-0.1, -0.05) is 0 Å². The summed E-state index contributed by atoms with van der Waals surface area (Å²) in [5.74, 6) is -1.53. The van der Waals surface area contributed by atoms with Crippen LogP contribution in [-0.4, -0.2) is 13.4 Å². The lowest BCUT2D eigenvalue weighted by Crippen LogP contribution is -2.18. The minimum Gasteiger partial charge on any atom is -0.231 e. The van der Waals surface area contributed by atoms with Crippen LogP contribution in [0.1, 0.15) is 17.7 Å². The smallest absolute Gasteiger partial charge is 0.231 e. The zero-order valence-electron chi connectivity index (χ0n) is 7.49. The molecule has 0 aromatic carbocycles. The summed E-state index contributed by atoms with van der Waals surface area (Å²) in [5.41, 5.74) is -1.88. The predicted molar refractivity (Wildman–Crippen MR) is 45.2 cm³/mol. The molecule has 1 rings (SSSR count). The number of primary sulfonamides is 1. The molecule has 0 saturated carbocycles. The summed E-state index contributed by atoms with van der Waals surface area (Å²) in [5, 5.41) is 11.6. The summed E-state index contributed by atoms with van der Waals surface area (Å²) in [6.07, 6.45) is -3.13. The van der Waals surface area contributed by atoms with Gasteiger partial charge in [0, 0.05) is 0 Å². The molecule has 0 unspecified atom stereocenters. The maximum absolute atomic E-state index is 13.2. The third kappa shape index (κ3) is 2.29. The second-order valence-electron chi connectivity index (χ2n) is 2.67. The summed E-state index contributed by atoms with van der Waals surface area (Å²) >= 11 is 0. The number of pyridine rings is 1. The van der Waals surface area contributed by atoms with Gasteiger partial charge in [-0.2, -0.15) is 5.26 Å². The number of nitrogens with two attached hydrogens (primary N) is 1. The summed E-state index contributed by atoms with van der Waals surface area (Å²) < 4.78 is 59.4. The second kappa shape index (κ2) is 4.07. The number of nitrogens with zero attached hydrogens (tertiary/aromatic N) is 2. The fourth-order valence-electron chi connectivity index (χ4n) is 0.907. The van der Waals surface area contributed by atoms with Crippen molar-refractivity contribution in [2.45, 2.75) is 11.5 Å². The molecule has 0 radical (unpaired) electrons. The topological polar surface area (TPSA) is 96.8 Å². The van der Waals surface area contributed by atoms with Crippen molar-refractivity contribution in [3.8, 4) is 6.07 Å². The van der Waals surface area contributed by atoms with Crippen molar-refractivity contribution in [3.63, 3.8) is 0 Å². The van der Waals surface area contributed by atoms with Crippen LogP contribution in [0.25, 0.3) is 0 Å². The third-order valence-electron chi connectivity index (χ3n) is 1.56. The molecule has 0 spiro atoms. The Morgan fingerprint density at radius 3 is 2.44 bits per heavy atom. The number of aromatic nitrogens is 1. The highest BCUT2D eigenvalue weighted by atomic mass is 32.2. The molecule has 1 aromatic rings. The van der Waals surface area contributed by atoms with Gasteiger partial charge in [0.15, 0.2) is 5.82 Å². The number of halogens is 3. The molecule has 16 heavy (non-hydrogen) atoms. The van der Waals surface area contributed by atoms with Crippen LogP contribution < -0.4 is 5.14 Å². The number of sulfonamides is 1. The van der Waals surface area contributed by atoms with Crippen molar-refractivity contribution in [2.75, 3.05) is 0 Å². The van der Waals surface area contributed by atoms with E-state index in [-0.39, 0.29) is 0 Å². The first-order chi connectivity index (χ1) is 7.27. The van der Waals surface area contributed by atoms with Gasteiger partial charge in [0.05, 0.1) is 5.56 Å². The van der Waals surface area contributed by atoms with Crippen LogP contribution in [0, 0.1) is 17.1 Å². The highest BCUT2D eigenvalue weighted by Crippen LogP contribution is 2.22.